The summed E-state index contributed by atoms with van der Waals surface area (Å²) in [5, 5.41) is 35.7. The van der Waals surface area contributed by atoms with E-state index < -0.39 is 17.6 Å². The number of aliphatic hydroxyl groups excluding tert-OH is 2. The molecule has 0 saturated carbocycles. The van der Waals surface area contributed by atoms with E-state index in [0.717, 1.165) is 71.4 Å². The van der Waals surface area contributed by atoms with Crippen LogP contribution in [0.4, 0.5) is 34.1 Å². The Bertz CT molecular complexity index is 2200. The predicted molar refractivity (Wildman–Crippen MR) is 284 cm³/mol. The van der Waals surface area contributed by atoms with Gasteiger partial charge in [0, 0.05) is 66.2 Å². The van der Waals surface area contributed by atoms with E-state index >= 15 is 0 Å². The van der Waals surface area contributed by atoms with Gasteiger partial charge in [0.1, 0.15) is 36.9 Å². The van der Waals surface area contributed by atoms with Crippen LogP contribution in [0.2, 0.25) is 0 Å². The van der Waals surface area contributed by atoms with E-state index in [9.17, 15) is 10.2 Å². The van der Waals surface area contributed by atoms with Crippen LogP contribution in [-0.2, 0) is 9.47 Å². The van der Waals surface area contributed by atoms with E-state index in [2.05, 4.69) is 49.6 Å². The standard InChI is InChI=1S/C57H70N6O6/c1-7-60(8-2)51-33-31-45(37-58-62(47-23-15-11-16-24-47)48-25-17-12-18-26-48)55(35-51)68-41-53(64)39-66-43-57(5,6)44-67-40-54(65)42-69-56-36-52(61(9-3)10-4)34-32-46(56)38-59-63(49-27-19-13-20-28-49)50-29-21-14-22-30-50/h11-38,53-54,64-65H,7-10,39-44H2,1-6H3. The van der Waals surface area contributed by atoms with Crippen LogP contribution in [0, 0.1) is 5.41 Å². The molecule has 364 valence electrons. The fraction of sp³-hybridized carbons (Fsp3) is 0.333. The van der Waals surface area contributed by atoms with Crippen molar-refractivity contribution in [1.29, 1.82) is 0 Å². The van der Waals surface area contributed by atoms with Gasteiger partial charge in [-0.2, -0.15) is 10.2 Å². The second kappa shape index (κ2) is 26.7. The van der Waals surface area contributed by atoms with Crippen molar-refractivity contribution in [3.63, 3.8) is 0 Å². The average Bonchev–Trinajstić information content (AvgIpc) is 3.38. The molecule has 0 heterocycles. The van der Waals surface area contributed by atoms with Gasteiger partial charge in [0.15, 0.2) is 0 Å². The van der Waals surface area contributed by atoms with Crippen LogP contribution in [0.15, 0.2) is 168 Å². The number of para-hydroxylation sites is 4. The molecule has 2 atom stereocenters. The smallest absolute Gasteiger partial charge is 0.130 e. The molecule has 2 N–H and O–H groups in total. The first kappa shape index (κ1) is 51.7. The number of hydrogen-bond acceptors (Lipinski definition) is 12. The fourth-order valence-electron chi connectivity index (χ4n) is 7.61. The quantitative estimate of drug-likeness (QED) is 0.0364. The number of hydrogen-bond donors (Lipinski definition) is 2. The highest BCUT2D eigenvalue weighted by atomic mass is 16.5. The van der Waals surface area contributed by atoms with E-state index in [1.165, 1.54) is 0 Å². The maximum Gasteiger partial charge on any atom is 0.130 e. The Kier molecular flexibility index (Phi) is 20.0. The van der Waals surface area contributed by atoms with Crippen LogP contribution in [0.25, 0.3) is 0 Å². The first-order chi connectivity index (χ1) is 33.6. The Morgan fingerprint density at radius 3 is 1.07 bits per heavy atom. The summed E-state index contributed by atoms with van der Waals surface area (Å²) >= 11 is 0. The SMILES string of the molecule is CCN(CC)c1ccc(C=NN(c2ccccc2)c2ccccc2)c(OCC(O)COCC(C)(C)COCC(O)COc2cc(N(CC)CC)ccc2C=NN(c2ccccc2)c2ccccc2)c1. The minimum absolute atomic E-state index is 0.0243. The number of benzene rings is 6. The second-order valence-corrected chi connectivity index (χ2v) is 17.4. The lowest BCUT2D eigenvalue weighted by Crippen LogP contribution is -2.32. The summed E-state index contributed by atoms with van der Waals surface area (Å²) in [6.45, 7) is 16.7. The summed E-state index contributed by atoms with van der Waals surface area (Å²) in [6.07, 6.45) is 1.81. The van der Waals surface area contributed by atoms with Crippen LogP contribution >= 0.6 is 0 Å². The minimum atomic E-state index is -0.886. The summed E-state index contributed by atoms with van der Waals surface area (Å²) in [7, 11) is 0. The zero-order chi connectivity index (χ0) is 48.9. The summed E-state index contributed by atoms with van der Waals surface area (Å²) in [5.74, 6) is 1.22. The van der Waals surface area contributed by atoms with Crippen molar-refractivity contribution < 1.29 is 29.2 Å². The molecule has 2 unspecified atom stereocenters. The zero-order valence-electron chi connectivity index (χ0n) is 41.1. The molecule has 0 amide bonds. The minimum Gasteiger partial charge on any atom is -0.490 e. The van der Waals surface area contributed by atoms with Gasteiger partial charge in [-0.05, 0) is 100 Å². The Morgan fingerprint density at radius 2 is 0.768 bits per heavy atom. The van der Waals surface area contributed by atoms with Gasteiger partial charge in [-0.25, -0.2) is 10.0 Å². The predicted octanol–water partition coefficient (Wildman–Crippen LogP) is 11.0. The van der Waals surface area contributed by atoms with Gasteiger partial charge in [0.05, 0.1) is 61.6 Å². The molecule has 6 aromatic carbocycles. The van der Waals surface area contributed by atoms with Crippen LogP contribution in [-0.4, -0.2) is 101 Å². The molecule has 0 spiro atoms. The lowest BCUT2D eigenvalue weighted by molar-refractivity contribution is -0.0552. The van der Waals surface area contributed by atoms with Crippen molar-refractivity contribution in [3.8, 4) is 11.5 Å². The molecule has 0 radical (unpaired) electrons. The van der Waals surface area contributed by atoms with Gasteiger partial charge in [0.25, 0.3) is 0 Å². The highest BCUT2D eigenvalue weighted by Crippen LogP contribution is 2.31. The first-order valence-electron chi connectivity index (χ1n) is 24.0. The van der Waals surface area contributed by atoms with Crippen molar-refractivity contribution in [2.45, 2.75) is 53.8 Å². The molecule has 6 aromatic rings. The molecular weight excluding hydrogens is 865 g/mol. The molecule has 0 saturated heterocycles. The molecule has 12 heteroatoms. The van der Waals surface area contributed by atoms with Gasteiger partial charge in [-0.3, -0.25) is 0 Å². The highest BCUT2D eigenvalue weighted by molar-refractivity contribution is 5.87. The molecule has 69 heavy (non-hydrogen) atoms. The molecular formula is C57H70N6O6. The van der Waals surface area contributed by atoms with Gasteiger partial charge in [-0.15, -0.1) is 0 Å². The van der Waals surface area contributed by atoms with E-state index in [0.29, 0.717) is 24.7 Å². The van der Waals surface area contributed by atoms with Gasteiger partial charge in [0.2, 0.25) is 0 Å². The van der Waals surface area contributed by atoms with Gasteiger partial charge >= 0.3 is 0 Å². The van der Waals surface area contributed by atoms with E-state index in [-0.39, 0.29) is 26.4 Å². The number of ether oxygens (including phenoxy) is 4. The lowest BCUT2D eigenvalue weighted by Gasteiger charge is -2.26. The summed E-state index contributed by atoms with van der Waals surface area (Å²) in [5.41, 5.74) is 6.88. The van der Waals surface area contributed by atoms with Crippen molar-refractivity contribution in [1.82, 2.24) is 0 Å². The second-order valence-electron chi connectivity index (χ2n) is 17.4. The Hall–Kier alpha value is -6.70. The third kappa shape index (κ3) is 15.7. The molecule has 0 aromatic heterocycles. The van der Waals surface area contributed by atoms with Crippen molar-refractivity contribution in [2.75, 3.05) is 85.6 Å². The van der Waals surface area contributed by atoms with Crippen LogP contribution in [0.5, 0.6) is 11.5 Å². The monoisotopic (exact) mass is 935 g/mol. The molecule has 0 aliphatic carbocycles. The normalized spacial score (nSPS) is 12.5. The topological polar surface area (TPSA) is 115 Å². The highest BCUT2D eigenvalue weighted by Gasteiger charge is 2.22. The zero-order valence-corrected chi connectivity index (χ0v) is 41.1. The molecule has 0 aliphatic rings. The molecule has 0 fully saturated rings. The maximum atomic E-state index is 11.1. The van der Waals surface area contributed by atoms with Crippen LogP contribution in [0.1, 0.15) is 52.7 Å². The Balaban J connectivity index is 1.02. The first-order valence-corrected chi connectivity index (χ1v) is 24.0. The number of hydrazone groups is 2. The summed E-state index contributed by atoms with van der Waals surface area (Å²) in [6, 6.07) is 52.1. The maximum absolute atomic E-state index is 11.1. The van der Waals surface area contributed by atoms with Crippen molar-refractivity contribution in [2.24, 2.45) is 15.6 Å². The molecule has 12 nitrogen and oxygen atoms in total. The average molecular weight is 935 g/mol. The fourth-order valence-corrected chi connectivity index (χ4v) is 7.61. The summed E-state index contributed by atoms with van der Waals surface area (Å²) in [4.78, 5) is 4.49. The number of nitrogens with zero attached hydrogens (tertiary/aromatic N) is 6. The van der Waals surface area contributed by atoms with Gasteiger partial charge in [-0.1, -0.05) is 86.6 Å². The lowest BCUT2D eigenvalue weighted by atomic mass is 9.96. The Morgan fingerprint density at radius 1 is 0.449 bits per heavy atom. The van der Waals surface area contributed by atoms with E-state index in [1.807, 2.05) is 169 Å². The van der Waals surface area contributed by atoms with Crippen LogP contribution < -0.4 is 29.3 Å². The molecule has 6 rings (SSSR count). The number of anilines is 6. The largest absolute Gasteiger partial charge is 0.490 e. The number of aliphatic hydroxyl groups is 2. The molecule has 0 aliphatic heterocycles. The molecule has 0 bridgehead atoms. The summed E-state index contributed by atoms with van der Waals surface area (Å²) < 4.78 is 24.6. The van der Waals surface area contributed by atoms with E-state index in [1.54, 1.807) is 12.4 Å². The van der Waals surface area contributed by atoms with Crippen molar-refractivity contribution >= 4 is 46.6 Å². The van der Waals surface area contributed by atoms with E-state index in [4.69, 9.17) is 29.2 Å². The number of rotatable bonds is 28. The van der Waals surface area contributed by atoms with Gasteiger partial charge < -0.3 is 39.0 Å². The third-order valence-electron chi connectivity index (χ3n) is 11.3. The Labute approximate surface area is 409 Å². The third-order valence-corrected chi connectivity index (χ3v) is 11.3. The van der Waals surface area contributed by atoms with Crippen molar-refractivity contribution in [3.05, 3.63) is 169 Å². The van der Waals surface area contributed by atoms with Crippen LogP contribution in [0.3, 0.4) is 0 Å².